The summed E-state index contributed by atoms with van der Waals surface area (Å²) in [5, 5.41) is 0. The van der Waals surface area contributed by atoms with Crippen molar-refractivity contribution in [2.75, 3.05) is 19.6 Å². The molecule has 0 rings (SSSR count). The number of nitrogens with one attached hydrogen (secondary N) is 1. The first-order valence-electron chi connectivity index (χ1n) is 6.46. The molecule has 4 nitrogen and oxygen atoms in total. The molecular weight excluding hydrogens is 202 g/mol. The standard InChI is InChI=1S/C12H27N3O/c1-3-9-15(10-4-2)11-7-5-6-8-12(16)14-13/h3-11,13H2,1-2H3,(H,14,16). The van der Waals surface area contributed by atoms with E-state index in [1.807, 2.05) is 0 Å². The fraction of sp³-hybridized carbons (Fsp3) is 0.917. The second-order valence-corrected chi connectivity index (χ2v) is 4.22. The van der Waals surface area contributed by atoms with E-state index in [2.05, 4.69) is 24.2 Å². The van der Waals surface area contributed by atoms with Crippen molar-refractivity contribution in [1.82, 2.24) is 10.3 Å². The summed E-state index contributed by atoms with van der Waals surface area (Å²) in [4.78, 5) is 13.4. The number of nitrogens with zero attached hydrogens (tertiary/aromatic N) is 1. The summed E-state index contributed by atoms with van der Waals surface area (Å²) in [6.07, 6.45) is 6.22. The van der Waals surface area contributed by atoms with Crippen LogP contribution in [0.25, 0.3) is 0 Å². The van der Waals surface area contributed by atoms with Gasteiger partial charge in [-0.1, -0.05) is 20.3 Å². The van der Waals surface area contributed by atoms with E-state index in [1.165, 1.54) is 32.4 Å². The lowest BCUT2D eigenvalue weighted by atomic mass is 10.2. The largest absolute Gasteiger partial charge is 0.303 e. The van der Waals surface area contributed by atoms with Crippen molar-refractivity contribution in [2.24, 2.45) is 5.84 Å². The molecule has 0 saturated carbocycles. The average molecular weight is 229 g/mol. The first kappa shape index (κ1) is 15.4. The molecule has 0 aliphatic rings. The number of carbonyl (C=O) groups excluding carboxylic acids is 1. The Bertz CT molecular complexity index is 168. The van der Waals surface area contributed by atoms with E-state index < -0.39 is 0 Å². The number of rotatable bonds is 10. The maximum absolute atomic E-state index is 10.9. The Labute approximate surface area is 99.5 Å². The number of carbonyl (C=O) groups is 1. The van der Waals surface area contributed by atoms with Crippen LogP contribution < -0.4 is 11.3 Å². The molecule has 3 N–H and O–H groups in total. The first-order chi connectivity index (χ1) is 7.74. The molecule has 4 heteroatoms. The Morgan fingerprint density at radius 1 is 1.06 bits per heavy atom. The molecule has 0 aromatic heterocycles. The minimum atomic E-state index is -0.0565. The summed E-state index contributed by atoms with van der Waals surface area (Å²) in [6, 6.07) is 0. The summed E-state index contributed by atoms with van der Waals surface area (Å²) >= 11 is 0. The van der Waals surface area contributed by atoms with Crippen molar-refractivity contribution in [3.8, 4) is 0 Å². The molecule has 96 valence electrons. The van der Waals surface area contributed by atoms with Crippen LogP contribution in [0, 0.1) is 0 Å². The summed E-state index contributed by atoms with van der Waals surface area (Å²) in [7, 11) is 0. The maximum atomic E-state index is 10.9. The highest BCUT2D eigenvalue weighted by atomic mass is 16.2. The van der Waals surface area contributed by atoms with Gasteiger partial charge in [-0.15, -0.1) is 0 Å². The quantitative estimate of drug-likeness (QED) is 0.259. The number of unbranched alkanes of at least 4 members (excludes halogenated alkanes) is 2. The number of hydrazine groups is 1. The molecule has 0 saturated heterocycles. The van der Waals surface area contributed by atoms with Gasteiger partial charge in [-0.05, 0) is 45.3 Å². The van der Waals surface area contributed by atoms with Crippen LogP contribution in [0.2, 0.25) is 0 Å². The Hall–Kier alpha value is -0.610. The van der Waals surface area contributed by atoms with Gasteiger partial charge in [0, 0.05) is 6.42 Å². The first-order valence-corrected chi connectivity index (χ1v) is 6.46. The zero-order valence-electron chi connectivity index (χ0n) is 10.8. The van der Waals surface area contributed by atoms with Crippen molar-refractivity contribution in [2.45, 2.75) is 52.4 Å². The topological polar surface area (TPSA) is 58.4 Å². The minimum absolute atomic E-state index is 0.0565. The molecule has 0 aliphatic heterocycles. The molecule has 0 aromatic carbocycles. The van der Waals surface area contributed by atoms with Gasteiger partial charge in [0.1, 0.15) is 0 Å². The second-order valence-electron chi connectivity index (χ2n) is 4.22. The van der Waals surface area contributed by atoms with Gasteiger partial charge in [-0.3, -0.25) is 10.2 Å². The predicted molar refractivity (Wildman–Crippen MR) is 67.8 cm³/mol. The van der Waals surface area contributed by atoms with Crippen molar-refractivity contribution < 1.29 is 4.79 Å². The van der Waals surface area contributed by atoms with Gasteiger partial charge >= 0.3 is 0 Å². The Kier molecular flexibility index (Phi) is 10.5. The molecule has 0 atom stereocenters. The molecule has 0 fully saturated rings. The van der Waals surface area contributed by atoms with Crippen LogP contribution in [0.4, 0.5) is 0 Å². The van der Waals surface area contributed by atoms with Crippen molar-refractivity contribution in [1.29, 1.82) is 0 Å². The zero-order valence-corrected chi connectivity index (χ0v) is 10.8. The van der Waals surface area contributed by atoms with E-state index in [4.69, 9.17) is 5.84 Å². The van der Waals surface area contributed by atoms with E-state index in [0.29, 0.717) is 6.42 Å². The van der Waals surface area contributed by atoms with Crippen molar-refractivity contribution >= 4 is 5.91 Å². The molecule has 0 radical (unpaired) electrons. The third kappa shape index (κ3) is 8.68. The smallest absolute Gasteiger partial charge is 0.233 e. The van der Waals surface area contributed by atoms with Gasteiger partial charge in [-0.25, -0.2) is 5.84 Å². The summed E-state index contributed by atoms with van der Waals surface area (Å²) in [6.45, 7) is 7.97. The lowest BCUT2D eigenvalue weighted by molar-refractivity contribution is -0.121. The van der Waals surface area contributed by atoms with Gasteiger partial charge in [0.15, 0.2) is 0 Å². The molecule has 0 unspecified atom stereocenters. The summed E-state index contributed by atoms with van der Waals surface area (Å²) in [5.74, 6) is 4.95. The zero-order chi connectivity index (χ0) is 12.2. The van der Waals surface area contributed by atoms with E-state index in [1.54, 1.807) is 0 Å². The van der Waals surface area contributed by atoms with Crippen molar-refractivity contribution in [3.63, 3.8) is 0 Å². The molecule has 0 heterocycles. The van der Waals surface area contributed by atoms with Gasteiger partial charge < -0.3 is 4.90 Å². The summed E-state index contributed by atoms with van der Waals surface area (Å²) in [5.41, 5.74) is 2.16. The second kappa shape index (κ2) is 10.9. The highest BCUT2D eigenvalue weighted by Gasteiger charge is 2.02. The van der Waals surface area contributed by atoms with Crippen LogP contribution in [0.5, 0.6) is 0 Å². The van der Waals surface area contributed by atoms with E-state index in [0.717, 1.165) is 19.4 Å². The van der Waals surface area contributed by atoms with E-state index >= 15 is 0 Å². The lowest BCUT2D eigenvalue weighted by Crippen LogP contribution is -2.29. The van der Waals surface area contributed by atoms with Crippen LogP contribution >= 0.6 is 0 Å². The van der Waals surface area contributed by atoms with Gasteiger partial charge in [-0.2, -0.15) is 0 Å². The highest BCUT2D eigenvalue weighted by Crippen LogP contribution is 2.03. The van der Waals surface area contributed by atoms with Gasteiger partial charge in [0.05, 0.1) is 0 Å². The normalized spacial score (nSPS) is 10.8. The van der Waals surface area contributed by atoms with Crippen LogP contribution in [-0.2, 0) is 4.79 Å². The SMILES string of the molecule is CCCN(CCC)CCCCCC(=O)NN. The molecular formula is C12H27N3O. The fourth-order valence-electron chi connectivity index (χ4n) is 1.84. The Balaban J connectivity index is 3.42. The third-order valence-electron chi connectivity index (χ3n) is 2.62. The van der Waals surface area contributed by atoms with Crippen LogP contribution in [-0.4, -0.2) is 30.4 Å². The van der Waals surface area contributed by atoms with E-state index in [9.17, 15) is 4.79 Å². The van der Waals surface area contributed by atoms with Crippen LogP contribution in [0.3, 0.4) is 0 Å². The summed E-state index contributed by atoms with van der Waals surface area (Å²) < 4.78 is 0. The molecule has 0 bridgehead atoms. The number of hydrogen-bond acceptors (Lipinski definition) is 3. The molecule has 0 aliphatic carbocycles. The van der Waals surface area contributed by atoms with E-state index in [-0.39, 0.29) is 5.91 Å². The van der Waals surface area contributed by atoms with Crippen LogP contribution in [0.1, 0.15) is 52.4 Å². The maximum Gasteiger partial charge on any atom is 0.233 e. The monoisotopic (exact) mass is 229 g/mol. The molecule has 1 amide bonds. The molecule has 0 spiro atoms. The van der Waals surface area contributed by atoms with Gasteiger partial charge in [0.25, 0.3) is 0 Å². The Morgan fingerprint density at radius 3 is 2.19 bits per heavy atom. The van der Waals surface area contributed by atoms with Crippen LogP contribution in [0.15, 0.2) is 0 Å². The lowest BCUT2D eigenvalue weighted by Gasteiger charge is -2.20. The molecule has 0 aromatic rings. The Morgan fingerprint density at radius 2 is 1.69 bits per heavy atom. The molecule has 16 heavy (non-hydrogen) atoms. The number of hydrogen-bond donors (Lipinski definition) is 2. The highest BCUT2D eigenvalue weighted by molar-refractivity contribution is 5.74. The predicted octanol–water partition coefficient (Wildman–Crippen LogP) is 1.66. The number of nitrogens with two attached hydrogens (primary N) is 1. The number of amides is 1. The van der Waals surface area contributed by atoms with Gasteiger partial charge in [0.2, 0.25) is 5.91 Å². The van der Waals surface area contributed by atoms with Crippen molar-refractivity contribution in [3.05, 3.63) is 0 Å². The third-order valence-corrected chi connectivity index (χ3v) is 2.62. The fourth-order valence-corrected chi connectivity index (χ4v) is 1.84. The average Bonchev–Trinajstić information content (AvgIpc) is 2.28. The minimum Gasteiger partial charge on any atom is -0.303 e.